The van der Waals surface area contributed by atoms with Gasteiger partial charge in [0.2, 0.25) is 0 Å². The summed E-state index contributed by atoms with van der Waals surface area (Å²) < 4.78 is 11.2. The number of hydrogen-bond donors (Lipinski definition) is 0. The molecule has 0 aliphatic heterocycles. The zero-order valence-electron chi connectivity index (χ0n) is 11.8. The molecule has 0 radical (unpaired) electrons. The second kappa shape index (κ2) is 9.20. The summed E-state index contributed by atoms with van der Waals surface area (Å²) in [4.78, 5) is 0. The molecule has 16 heavy (non-hydrogen) atoms. The van der Waals surface area contributed by atoms with Crippen molar-refractivity contribution in [1.82, 2.24) is 0 Å². The number of hydrogen-bond acceptors (Lipinski definition) is 2. The van der Waals surface area contributed by atoms with Crippen molar-refractivity contribution in [3.63, 3.8) is 0 Å². The van der Waals surface area contributed by atoms with Gasteiger partial charge in [-0.05, 0) is 37.9 Å². The van der Waals surface area contributed by atoms with Gasteiger partial charge in [0, 0.05) is 20.3 Å². The van der Waals surface area contributed by atoms with Crippen molar-refractivity contribution in [2.45, 2.75) is 58.7 Å². The minimum Gasteiger partial charge on any atom is -0.420 e. The Bertz CT molecular complexity index is 160. The highest BCUT2D eigenvalue weighted by Crippen LogP contribution is 2.13. The van der Waals surface area contributed by atoms with E-state index in [-0.39, 0.29) is 0 Å². The van der Waals surface area contributed by atoms with Gasteiger partial charge in [-0.1, -0.05) is 26.7 Å². The van der Waals surface area contributed by atoms with Crippen LogP contribution in [0.4, 0.5) is 0 Å². The van der Waals surface area contributed by atoms with Crippen LogP contribution in [0.2, 0.25) is 19.1 Å². The van der Waals surface area contributed by atoms with Crippen LogP contribution in [-0.2, 0) is 9.16 Å². The van der Waals surface area contributed by atoms with Crippen LogP contribution in [0, 0.1) is 5.92 Å². The summed E-state index contributed by atoms with van der Waals surface area (Å²) in [5.41, 5.74) is 0. The first-order valence-electron chi connectivity index (χ1n) is 6.64. The molecule has 0 amide bonds. The second-order valence-electron chi connectivity index (χ2n) is 5.39. The van der Waals surface area contributed by atoms with Crippen LogP contribution in [0.5, 0.6) is 0 Å². The molecule has 0 N–H and O–H groups in total. The molecule has 0 saturated heterocycles. The highest BCUT2D eigenvalue weighted by atomic mass is 28.4. The molecule has 0 heterocycles. The standard InChI is InChI=1S/C13H30O2Si/c1-6-7-9-13(2)12-15-10-8-11-16(4,5)14-3/h13H,6-12H2,1-5H3. The van der Waals surface area contributed by atoms with Crippen LogP contribution < -0.4 is 0 Å². The van der Waals surface area contributed by atoms with Gasteiger partial charge in [0.05, 0.1) is 0 Å². The average Bonchev–Trinajstić information content (AvgIpc) is 2.25. The van der Waals surface area contributed by atoms with Crippen LogP contribution in [0.1, 0.15) is 39.5 Å². The van der Waals surface area contributed by atoms with Gasteiger partial charge in [-0.2, -0.15) is 0 Å². The quantitative estimate of drug-likeness (QED) is 0.427. The molecule has 0 aromatic carbocycles. The lowest BCUT2D eigenvalue weighted by atomic mass is 10.1. The summed E-state index contributed by atoms with van der Waals surface area (Å²) in [5, 5.41) is 0. The van der Waals surface area contributed by atoms with E-state index in [1.807, 2.05) is 7.11 Å². The fraction of sp³-hybridized carbons (Fsp3) is 1.00. The van der Waals surface area contributed by atoms with Gasteiger partial charge in [-0.15, -0.1) is 0 Å². The van der Waals surface area contributed by atoms with Gasteiger partial charge in [0.1, 0.15) is 0 Å². The molecular weight excluding hydrogens is 216 g/mol. The lowest BCUT2D eigenvalue weighted by Crippen LogP contribution is -2.28. The van der Waals surface area contributed by atoms with Gasteiger partial charge in [0.25, 0.3) is 0 Å². The third-order valence-electron chi connectivity index (χ3n) is 3.07. The Hall–Kier alpha value is 0.137. The minimum atomic E-state index is -1.36. The minimum absolute atomic E-state index is 0.715. The molecule has 2 nitrogen and oxygen atoms in total. The molecule has 98 valence electrons. The molecule has 0 aromatic rings. The van der Waals surface area contributed by atoms with Crippen LogP contribution in [0.3, 0.4) is 0 Å². The number of rotatable bonds is 10. The Morgan fingerprint density at radius 2 is 1.88 bits per heavy atom. The van der Waals surface area contributed by atoms with Gasteiger partial charge in [-0.25, -0.2) is 0 Å². The summed E-state index contributed by atoms with van der Waals surface area (Å²) in [6.45, 7) is 10.9. The van der Waals surface area contributed by atoms with E-state index in [0.717, 1.165) is 19.6 Å². The molecule has 3 heteroatoms. The Morgan fingerprint density at radius 1 is 1.19 bits per heavy atom. The molecule has 0 fully saturated rings. The van der Waals surface area contributed by atoms with Crippen LogP contribution in [0.25, 0.3) is 0 Å². The van der Waals surface area contributed by atoms with Crippen molar-refractivity contribution >= 4 is 8.32 Å². The lowest BCUT2D eigenvalue weighted by molar-refractivity contribution is 0.101. The van der Waals surface area contributed by atoms with Crippen molar-refractivity contribution in [3.8, 4) is 0 Å². The molecule has 0 saturated carbocycles. The fourth-order valence-corrected chi connectivity index (χ4v) is 2.82. The SMILES string of the molecule is CCCCC(C)COCCC[Si](C)(C)OC. The maximum atomic E-state index is 5.70. The molecule has 0 bridgehead atoms. The predicted molar refractivity (Wildman–Crippen MR) is 73.4 cm³/mol. The molecule has 0 aliphatic carbocycles. The van der Waals surface area contributed by atoms with Gasteiger partial charge >= 0.3 is 0 Å². The van der Waals surface area contributed by atoms with Crippen LogP contribution in [-0.4, -0.2) is 28.6 Å². The molecule has 0 rings (SSSR count). The maximum absolute atomic E-state index is 5.70. The van der Waals surface area contributed by atoms with E-state index in [4.69, 9.17) is 9.16 Å². The van der Waals surface area contributed by atoms with Crippen molar-refractivity contribution in [1.29, 1.82) is 0 Å². The second-order valence-corrected chi connectivity index (χ2v) is 9.82. The Morgan fingerprint density at radius 3 is 2.44 bits per heavy atom. The van der Waals surface area contributed by atoms with Crippen LogP contribution in [0.15, 0.2) is 0 Å². The van der Waals surface area contributed by atoms with Crippen LogP contribution >= 0.6 is 0 Å². The number of ether oxygens (including phenoxy) is 1. The average molecular weight is 246 g/mol. The summed E-state index contributed by atoms with van der Waals surface area (Å²) in [5.74, 6) is 0.715. The third kappa shape index (κ3) is 9.37. The van der Waals surface area contributed by atoms with E-state index in [2.05, 4.69) is 26.9 Å². The first-order valence-corrected chi connectivity index (χ1v) is 9.76. The lowest BCUT2D eigenvalue weighted by Gasteiger charge is -2.19. The van der Waals surface area contributed by atoms with Crippen molar-refractivity contribution in [3.05, 3.63) is 0 Å². The molecule has 0 aliphatic rings. The van der Waals surface area contributed by atoms with Gasteiger partial charge in [0.15, 0.2) is 8.32 Å². The summed E-state index contributed by atoms with van der Waals surface area (Å²) in [7, 11) is 0.478. The van der Waals surface area contributed by atoms with E-state index in [1.165, 1.54) is 25.3 Å². The number of unbranched alkanes of at least 4 members (excludes halogenated alkanes) is 1. The van der Waals surface area contributed by atoms with E-state index < -0.39 is 8.32 Å². The van der Waals surface area contributed by atoms with E-state index in [0.29, 0.717) is 5.92 Å². The summed E-state index contributed by atoms with van der Waals surface area (Å²) in [6, 6.07) is 1.20. The first kappa shape index (κ1) is 16.1. The molecular formula is C13H30O2Si. The largest absolute Gasteiger partial charge is 0.420 e. The molecule has 0 spiro atoms. The Kier molecular flexibility index (Phi) is 9.28. The molecule has 1 atom stereocenters. The molecule has 1 unspecified atom stereocenters. The summed E-state index contributed by atoms with van der Waals surface area (Å²) in [6.07, 6.45) is 5.06. The van der Waals surface area contributed by atoms with Gasteiger partial charge < -0.3 is 9.16 Å². The predicted octanol–water partition coefficient (Wildman–Crippen LogP) is 4.07. The zero-order chi connectivity index (χ0) is 12.4. The van der Waals surface area contributed by atoms with Crippen molar-refractivity contribution in [2.75, 3.05) is 20.3 Å². The van der Waals surface area contributed by atoms with E-state index >= 15 is 0 Å². The summed E-state index contributed by atoms with van der Waals surface area (Å²) >= 11 is 0. The first-order chi connectivity index (χ1) is 7.52. The highest BCUT2D eigenvalue weighted by molar-refractivity contribution is 6.71. The zero-order valence-corrected chi connectivity index (χ0v) is 12.8. The Labute approximate surface area is 103 Å². The van der Waals surface area contributed by atoms with Crippen molar-refractivity contribution < 1.29 is 9.16 Å². The Balaban J connectivity index is 3.33. The van der Waals surface area contributed by atoms with Gasteiger partial charge in [-0.3, -0.25) is 0 Å². The van der Waals surface area contributed by atoms with E-state index in [9.17, 15) is 0 Å². The normalized spacial score (nSPS) is 14.1. The fourth-order valence-electron chi connectivity index (χ4n) is 1.62. The van der Waals surface area contributed by atoms with Crippen molar-refractivity contribution in [2.24, 2.45) is 5.92 Å². The third-order valence-corrected chi connectivity index (χ3v) is 5.74. The highest BCUT2D eigenvalue weighted by Gasteiger charge is 2.19. The monoisotopic (exact) mass is 246 g/mol. The topological polar surface area (TPSA) is 18.5 Å². The molecule has 0 aromatic heterocycles. The smallest absolute Gasteiger partial charge is 0.186 e. The maximum Gasteiger partial charge on any atom is 0.186 e. The van der Waals surface area contributed by atoms with E-state index in [1.54, 1.807) is 0 Å².